The summed E-state index contributed by atoms with van der Waals surface area (Å²) >= 11 is 5.62. The van der Waals surface area contributed by atoms with Crippen molar-refractivity contribution >= 4 is 49.7 Å². The normalized spacial score (nSPS) is 10.9. The van der Waals surface area contributed by atoms with Crippen molar-refractivity contribution in [2.45, 2.75) is 6.92 Å². The van der Waals surface area contributed by atoms with Crippen LogP contribution in [0.4, 0.5) is 0 Å². The maximum Gasteiger partial charge on any atom is 0.0935 e. The molecule has 0 bridgehead atoms. The van der Waals surface area contributed by atoms with Gasteiger partial charge in [0, 0.05) is 9.86 Å². The Hall–Kier alpha value is -0.100. The second-order valence-electron chi connectivity index (χ2n) is 2.61. The number of nitrogens with zero attached hydrogens (tertiary/aromatic N) is 2. The third-order valence-electron chi connectivity index (χ3n) is 1.82. The van der Waals surface area contributed by atoms with Gasteiger partial charge in [-0.15, -0.1) is 0 Å². The van der Waals surface area contributed by atoms with E-state index in [-0.39, 0.29) is 0 Å². The van der Waals surface area contributed by atoms with E-state index in [0.29, 0.717) is 0 Å². The summed E-state index contributed by atoms with van der Waals surface area (Å²) in [5.74, 6) is 0. The van der Waals surface area contributed by atoms with Crippen molar-refractivity contribution in [1.82, 2.24) is 7.99 Å². The molecule has 1 heterocycles. The van der Waals surface area contributed by atoms with Crippen molar-refractivity contribution in [1.29, 1.82) is 0 Å². The first-order chi connectivity index (χ1) is 5.68. The first-order valence-corrected chi connectivity index (χ1v) is 5.25. The molecule has 0 aliphatic rings. The van der Waals surface area contributed by atoms with Crippen molar-refractivity contribution in [2.24, 2.45) is 0 Å². The molecule has 0 aliphatic carbocycles. The molecule has 2 aromatic rings. The predicted molar refractivity (Wildman–Crippen MR) is 61.6 cm³/mol. The van der Waals surface area contributed by atoms with E-state index in [2.05, 4.69) is 56.9 Å². The summed E-state index contributed by atoms with van der Waals surface area (Å²) in [4.78, 5) is 0. The van der Waals surface area contributed by atoms with Gasteiger partial charge in [-0.25, -0.2) is 2.90 Å². The van der Waals surface area contributed by atoms with E-state index in [1.165, 1.54) is 11.1 Å². The van der Waals surface area contributed by atoms with Gasteiger partial charge in [-0.05, 0) is 25.1 Å². The van der Waals surface area contributed by atoms with Crippen molar-refractivity contribution in [3.8, 4) is 0 Å². The molecule has 1 aromatic heterocycles. The smallest absolute Gasteiger partial charge is 0.0935 e. The Kier molecular flexibility index (Phi) is 2.12. The number of fused-ring (bicyclic) bond motifs is 1. The maximum absolute atomic E-state index is 4.34. The van der Waals surface area contributed by atoms with E-state index in [4.69, 9.17) is 0 Å². The van der Waals surface area contributed by atoms with Crippen LogP contribution in [0, 0.1) is 6.92 Å². The highest BCUT2D eigenvalue weighted by Crippen LogP contribution is 2.22. The molecular formula is C8H6BrIN2. The summed E-state index contributed by atoms with van der Waals surface area (Å²) in [6.07, 6.45) is 0. The standard InChI is InChI=1S/C8H6BrIN2/c1-5-7-4-6(9)2-3-8(7)11-12(5)10/h2-4H,1H3. The summed E-state index contributed by atoms with van der Waals surface area (Å²) in [6.45, 7) is 2.06. The molecule has 0 fully saturated rings. The van der Waals surface area contributed by atoms with Crippen molar-refractivity contribution < 1.29 is 0 Å². The van der Waals surface area contributed by atoms with Crippen LogP contribution in [0.5, 0.6) is 0 Å². The Labute approximate surface area is 92.6 Å². The molecule has 2 nitrogen and oxygen atoms in total. The molecule has 0 atom stereocenters. The maximum atomic E-state index is 4.34. The van der Waals surface area contributed by atoms with Crippen LogP contribution in [-0.4, -0.2) is 7.99 Å². The molecule has 0 saturated heterocycles. The van der Waals surface area contributed by atoms with Gasteiger partial charge < -0.3 is 0 Å². The monoisotopic (exact) mass is 336 g/mol. The van der Waals surface area contributed by atoms with E-state index < -0.39 is 0 Å². The summed E-state index contributed by atoms with van der Waals surface area (Å²) in [5.41, 5.74) is 2.23. The minimum absolute atomic E-state index is 1.05. The first kappa shape index (κ1) is 8.50. The summed E-state index contributed by atoms with van der Waals surface area (Å²) < 4.78 is 2.97. The number of rotatable bonds is 0. The third-order valence-corrected chi connectivity index (χ3v) is 3.25. The zero-order valence-corrected chi connectivity index (χ0v) is 10.1. The van der Waals surface area contributed by atoms with Gasteiger partial charge in [-0.1, -0.05) is 15.9 Å². The second-order valence-corrected chi connectivity index (χ2v) is 4.44. The van der Waals surface area contributed by atoms with Crippen LogP contribution in [0.25, 0.3) is 10.9 Å². The van der Waals surface area contributed by atoms with Crippen LogP contribution in [0.2, 0.25) is 0 Å². The number of halogens is 2. The van der Waals surface area contributed by atoms with Crippen LogP contribution in [-0.2, 0) is 0 Å². The van der Waals surface area contributed by atoms with Gasteiger partial charge in [0.25, 0.3) is 0 Å². The van der Waals surface area contributed by atoms with Crippen molar-refractivity contribution in [2.75, 3.05) is 0 Å². The summed E-state index contributed by atoms with van der Waals surface area (Å²) in [5, 5.41) is 5.54. The zero-order chi connectivity index (χ0) is 8.72. The number of hydrogen-bond donors (Lipinski definition) is 0. The molecule has 0 unspecified atom stereocenters. The Morgan fingerprint density at radius 2 is 2.25 bits per heavy atom. The quantitative estimate of drug-likeness (QED) is 0.675. The summed E-state index contributed by atoms with van der Waals surface area (Å²) in [6, 6.07) is 6.11. The molecule has 4 heteroatoms. The molecule has 1 aromatic carbocycles. The Bertz CT molecular complexity index is 436. The third kappa shape index (κ3) is 1.26. The lowest BCUT2D eigenvalue weighted by molar-refractivity contribution is 1.03. The average molecular weight is 337 g/mol. The van der Waals surface area contributed by atoms with Crippen LogP contribution < -0.4 is 0 Å². The number of benzene rings is 1. The van der Waals surface area contributed by atoms with Crippen LogP contribution in [0.1, 0.15) is 5.69 Å². The van der Waals surface area contributed by atoms with E-state index in [9.17, 15) is 0 Å². The SMILES string of the molecule is Cc1c2cc(Br)ccc2nn1I. The Balaban J connectivity index is 2.88. The largest absolute Gasteiger partial charge is 0.207 e. The number of hydrogen-bond acceptors (Lipinski definition) is 1. The molecule has 2 rings (SSSR count). The minimum atomic E-state index is 1.05. The Morgan fingerprint density at radius 3 is 3.00 bits per heavy atom. The van der Waals surface area contributed by atoms with E-state index >= 15 is 0 Å². The molecule has 0 N–H and O–H groups in total. The van der Waals surface area contributed by atoms with Crippen LogP contribution >= 0.6 is 38.8 Å². The van der Waals surface area contributed by atoms with E-state index in [1.54, 1.807) is 0 Å². The molecule has 0 saturated carbocycles. The summed E-state index contributed by atoms with van der Waals surface area (Å²) in [7, 11) is 0. The lowest BCUT2D eigenvalue weighted by atomic mass is 10.2. The highest BCUT2D eigenvalue weighted by atomic mass is 127. The zero-order valence-electron chi connectivity index (χ0n) is 6.38. The predicted octanol–water partition coefficient (Wildman–Crippen LogP) is 3.31. The van der Waals surface area contributed by atoms with Crippen molar-refractivity contribution in [3.63, 3.8) is 0 Å². The van der Waals surface area contributed by atoms with Gasteiger partial charge in [-0.3, -0.25) is 0 Å². The van der Waals surface area contributed by atoms with Crippen LogP contribution in [0.15, 0.2) is 22.7 Å². The molecule has 62 valence electrons. The molecule has 0 aliphatic heterocycles. The van der Waals surface area contributed by atoms with Gasteiger partial charge in [0.1, 0.15) is 0 Å². The number of aromatic nitrogens is 2. The lowest BCUT2D eigenvalue weighted by Gasteiger charge is -1.90. The van der Waals surface area contributed by atoms with Gasteiger partial charge in [0.15, 0.2) is 0 Å². The fourth-order valence-electron chi connectivity index (χ4n) is 1.15. The average Bonchev–Trinajstić information content (AvgIpc) is 2.31. The van der Waals surface area contributed by atoms with Gasteiger partial charge in [0.2, 0.25) is 0 Å². The fourth-order valence-corrected chi connectivity index (χ4v) is 2.01. The first-order valence-electron chi connectivity index (χ1n) is 3.49. The van der Waals surface area contributed by atoms with Gasteiger partial charge in [0.05, 0.1) is 34.1 Å². The highest BCUT2D eigenvalue weighted by Gasteiger charge is 2.04. The van der Waals surface area contributed by atoms with E-state index in [1.807, 2.05) is 15.0 Å². The van der Waals surface area contributed by atoms with Crippen LogP contribution in [0.3, 0.4) is 0 Å². The number of aryl methyl sites for hydroxylation is 1. The lowest BCUT2D eigenvalue weighted by Crippen LogP contribution is -1.81. The Morgan fingerprint density at radius 1 is 1.50 bits per heavy atom. The second kappa shape index (κ2) is 2.99. The fraction of sp³-hybridized carbons (Fsp3) is 0.125. The molecule has 0 spiro atoms. The molecule has 12 heavy (non-hydrogen) atoms. The van der Waals surface area contributed by atoms with E-state index in [0.717, 1.165) is 9.99 Å². The van der Waals surface area contributed by atoms with Gasteiger partial charge >= 0.3 is 0 Å². The molecular weight excluding hydrogens is 331 g/mol. The highest BCUT2D eigenvalue weighted by molar-refractivity contribution is 14.1. The molecule has 0 radical (unpaired) electrons. The van der Waals surface area contributed by atoms with Crippen molar-refractivity contribution in [3.05, 3.63) is 28.4 Å². The topological polar surface area (TPSA) is 17.8 Å². The molecule has 0 amide bonds. The van der Waals surface area contributed by atoms with Gasteiger partial charge in [-0.2, -0.15) is 5.10 Å². The minimum Gasteiger partial charge on any atom is -0.207 e.